The maximum atomic E-state index is 9.64. The second-order valence-corrected chi connectivity index (χ2v) is 5.63. The highest BCUT2D eigenvalue weighted by Gasteiger charge is 2.12. The molecule has 3 rings (SSSR count). The number of ether oxygens (including phenoxy) is 1. The summed E-state index contributed by atoms with van der Waals surface area (Å²) in [5.41, 5.74) is 2.10. The number of hydrogen-bond acceptors (Lipinski definition) is 3. The van der Waals surface area contributed by atoms with Crippen LogP contribution in [0.5, 0.6) is 17.2 Å². The topological polar surface area (TPSA) is 54.6 Å². The quantitative estimate of drug-likeness (QED) is 0.758. The molecule has 1 heterocycles. The Bertz CT molecular complexity index is 805. The molecule has 0 aliphatic rings. The van der Waals surface area contributed by atoms with Crippen LogP contribution < -0.4 is 4.74 Å². The highest BCUT2D eigenvalue weighted by atomic mass is 16.5. The molecule has 2 N–H and O–H groups in total. The number of benzene rings is 2. The van der Waals surface area contributed by atoms with Crippen LogP contribution in [0.25, 0.3) is 10.9 Å². The number of fused-ring (bicyclic) bond motifs is 1. The molecule has 0 bridgehead atoms. The van der Waals surface area contributed by atoms with Gasteiger partial charge < -0.3 is 19.5 Å². The fourth-order valence-corrected chi connectivity index (χ4v) is 2.73. The van der Waals surface area contributed by atoms with Crippen LogP contribution in [0.2, 0.25) is 0 Å². The first kappa shape index (κ1) is 14.3. The van der Waals surface area contributed by atoms with Gasteiger partial charge in [0, 0.05) is 23.0 Å². The Labute approximate surface area is 129 Å². The summed E-state index contributed by atoms with van der Waals surface area (Å²) < 4.78 is 7.97. The Balaban J connectivity index is 1.94. The highest BCUT2D eigenvalue weighted by molar-refractivity contribution is 5.83. The molecule has 0 radical (unpaired) electrons. The van der Waals surface area contributed by atoms with E-state index >= 15 is 0 Å². The van der Waals surface area contributed by atoms with Gasteiger partial charge in [0.05, 0.1) is 5.69 Å². The summed E-state index contributed by atoms with van der Waals surface area (Å²) in [5, 5.41) is 20.1. The van der Waals surface area contributed by atoms with Crippen molar-refractivity contribution in [2.24, 2.45) is 0 Å². The molecule has 0 saturated heterocycles. The van der Waals surface area contributed by atoms with E-state index in [1.165, 1.54) is 0 Å². The van der Waals surface area contributed by atoms with Gasteiger partial charge in [-0.25, -0.2) is 0 Å². The van der Waals surface area contributed by atoms with Crippen LogP contribution in [-0.2, 0) is 6.61 Å². The lowest BCUT2D eigenvalue weighted by atomic mass is 10.2. The van der Waals surface area contributed by atoms with Gasteiger partial charge in [-0.15, -0.1) is 0 Å². The van der Waals surface area contributed by atoms with Crippen molar-refractivity contribution in [2.75, 3.05) is 0 Å². The van der Waals surface area contributed by atoms with Gasteiger partial charge in [0.15, 0.2) is 0 Å². The molecule has 0 unspecified atom stereocenters. The number of hydrogen-bond donors (Lipinski definition) is 2. The lowest BCUT2D eigenvalue weighted by molar-refractivity contribution is 0.291. The zero-order chi connectivity index (χ0) is 15.7. The summed E-state index contributed by atoms with van der Waals surface area (Å²) in [4.78, 5) is 0. The number of nitrogens with zero attached hydrogens (tertiary/aromatic N) is 1. The molecule has 114 valence electrons. The van der Waals surface area contributed by atoms with E-state index in [2.05, 4.69) is 18.4 Å². The summed E-state index contributed by atoms with van der Waals surface area (Å²) in [5.74, 6) is 1.07. The molecule has 0 aliphatic carbocycles. The molecule has 4 heteroatoms. The number of phenols is 2. The lowest BCUT2D eigenvalue weighted by Crippen LogP contribution is -2.08. The van der Waals surface area contributed by atoms with Gasteiger partial charge >= 0.3 is 0 Å². The molecule has 0 spiro atoms. The van der Waals surface area contributed by atoms with Gasteiger partial charge in [0.25, 0.3) is 0 Å². The minimum Gasteiger partial charge on any atom is -0.508 e. The van der Waals surface area contributed by atoms with E-state index in [0.29, 0.717) is 12.4 Å². The molecule has 4 nitrogen and oxygen atoms in total. The van der Waals surface area contributed by atoms with Crippen LogP contribution >= 0.6 is 0 Å². The predicted octanol–water partition coefficient (Wildman–Crippen LogP) is 4.21. The minimum atomic E-state index is 0.187. The average molecular weight is 297 g/mol. The molecular weight excluding hydrogens is 278 g/mol. The summed E-state index contributed by atoms with van der Waals surface area (Å²) >= 11 is 0. The smallest absolute Gasteiger partial charge is 0.128 e. The SMILES string of the molecule is CC(C)n1c(COc2cccc(O)c2)cc2cc(O)ccc21. The van der Waals surface area contributed by atoms with Gasteiger partial charge in [-0.3, -0.25) is 0 Å². The molecule has 0 saturated carbocycles. The summed E-state index contributed by atoms with van der Waals surface area (Å²) in [6, 6.07) is 14.4. The van der Waals surface area contributed by atoms with Crippen LogP contribution in [0, 0.1) is 0 Å². The zero-order valence-corrected chi connectivity index (χ0v) is 12.7. The third kappa shape index (κ3) is 2.72. The third-order valence-corrected chi connectivity index (χ3v) is 3.62. The summed E-state index contributed by atoms with van der Waals surface area (Å²) in [6.45, 7) is 4.63. The van der Waals surface area contributed by atoms with E-state index in [0.717, 1.165) is 16.6 Å². The largest absolute Gasteiger partial charge is 0.508 e. The van der Waals surface area contributed by atoms with E-state index in [1.807, 2.05) is 18.2 Å². The van der Waals surface area contributed by atoms with Crippen molar-refractivity contribution in [2.45, 2.75) is 26.5 Å². The van der Waals surface area contributed by atoms with Crippen LogP contribution in [-0.4, -0.2) is 14.8 Å². The summed E-state index contributed by atoms with van der Waals surface area (Å²) in [7, 11) is 0. The average Bonchev–Trinajstić information content (AvgIpc) is 2.82. The summed E-state index contributed by atoms with van der Waals surface area (Å²) in [6.07, 6.45) is 0. The van der Waals surface area contributed by atoms with E-state index in [-0.39, 0.29) is 17.5 Å². The fourth-order valence-electron chi connectivity index (χ4n) is 2.73. The zero-order valence-electron chi connectivity index (χ0n) is 12.7. The van der Waals surface area contributed by atoms with Crippen molar-refractivity contribution in [1.82, 2.24) is 4.57 Å². The molecule has 0 amide bonds. The van der Waals surface area contributed by atoms with E-state index < -0.39 is 0 Å². The van der Waals surface area contributed by atoms with Crippen LogP contribution in [0.3, 0.4) is 0 Å². The van der Waals surface area contributed by atoms with Crippen molar-refractivity contribution in [1.29, 1.82) is 0 Å². The van der Waals surface area contributed by atoms with Gasteiger partial charge in [-0.2, -0.15) is 0 Å². The number of phenolic OH excluding ortho intramolecular Hbond substituents is 2. The van der Waals surface area contributed by atoms with E-state index in [1.54, 1.807) is 30.3 Å². The van der Waals surface area contributed by atoms with E-state index in [4.69, 9.17) is 4.74 Å². The molecule has 0 fully saturated rings. The van der Waals surface area contributed by atoms with Crippen LogP contribution in [0.1, 0.15) is 25.6 Å². The number of rotatable bonds is 4. The Morgan fingerprint density at radius 3 is 2.50 bits per heavy atom. The maximum Gasteiger partial charge on any atom is 0.128 e. The van der Waals surface area contributed by atoms with Gasteiger partial charge in [0.1, 0.15) is 23.9 Å². The molecule has 22 heavy (non-hydrogen) atoms. The van der Waals surface area contributed by atoms with Crippen molar-refractivity contribution in [3.63, 3.8) is 0 Å². The molecule has 0 aliphatic heterocycles. The third-order valence-electron chi connectivity index (χ3n) is 3.62. The predicted molar refractivity (Wildman–Crippen MR) is 86.4 cm³/mol. The highest BCUT2D eigenvalue weighted by Crippen LogP contribution is 2.28. The molecule has 1 aromatic heterocycles. The second kappa shape index (κ2) is 5.64. The molecule has 3 aromatic rings. The van der Waals surface area contributed by atoms with Crippen molar-refractivity contribution in [3.8, 4) is 17.2 Å². The number of aromatic hydroxyl groups is 2. The monoisotopic (exact) mass is 297 g/mol. The Morgan fingerprint density at radius 2 is 1.77 bits per heavy atom. The van der Waals surface area contributed by atoms with E-state index in [9.17, 15) is 10.2 Å². The first-order chi connectivity index (χ1) is 10.5. The first-order valence-electron chi connectivity index (χ1n) is 7.29. The van der Waals surface area contributed by atoms with Crippen molar-refractivity contribution in [3.05, 3.63) is 54.2 Å². The number of aromatic nitrogens is 1. The Morgan fingerprint density at radius 1 is 1.00 bits per heavy atom. The van der Waals surface area contributed by atoms with Crippen LogP contribution in [0.4, 0.5) is 0 Å². The normalized spacial score (nSPS) is 11.2. The molecule has 0 atom stereocenters. The minimum absolute atomic E-state index is 0.187. The Kier molecular flexibility index (Phi) is 3.67. The van der Waals surface area contributed by atoms with Gasteiger partial charge in [0.2, 0.25) is 0 Å². The lowest BCUT2D eigenvalue weighted by Gasteiger charge is -2.15. The first-order valence-corrected chi connectivity index (χ1v) is 7.29. The fraction of sp³-hybridized carbons (Fsp3) is 0.222. The van der Waals surface area contributed by atoms with Crippen LogP contribution in [0.15, 0.2) is 48.5 Å². The maximum absolute atomic E-state index is 9.64. The van der Waals surface area contributed by atoms with Gasteiger partial charge in [-0.1, -0.05) is 6.07 Å². The standard InChI is InChI=1S/C18H19NO3/c1-12(2)19-14(8-13-9-16(21)6-7-18(13)19)11-22-17-5-3-4-15(20)10-17/h3-10,12,20-21H,11H2,1-2H3. The molecule has 2 aromatic carbocycles. The van der Waals surface area contributed by atoms with Crippen molar-refractivity contribution < 1.29 is 14.9 Å². The van der Waals surface area contributed by atoms with Gasteiger partial charge in [-0.05, 0) is 50.2 Å². The Hall–Kier alpha value is -2.62. The second-order valence-electron chi connectivity index (χ2n) is 5.63. The van der Waals surface area contributed by atoms with Crippen molar-refractivity contribution >= 4 is 10.9 Å². The molecular formula is C18H19NO3.